The van der Waals surface area contributed by atoms with E-state index in [1.54, 1.807) is 0 Å². The molecule has 1 saturated heterocycles. The van der Waals surface area contributed by atoms with Crippen LogP contribution in [0.1, 0.15) is 35.2 Å². The molecule has 1 fully saturated rings. The third-order valence-electron chi connectivity index (χ3n) is 4.18. The second kappa shape index (κ2) is 7.05. The molecule has 0 bridgehead atoms. The van der Waals surface area contributed by atoms with Crippen molar-refractivity contribution < 1.29 is 4.79 Å². The lowest BCUT2D eigenvalue weighted by Gasteiger charge is -2.29. The summed E-state index contributed by atoms with van der Waals surface area (Å²) in [7, 11) is 0. The van der Waals surface area contributed by atoms with E-state index in [9.17, 15) is 4.79 Å². The molecule has 1 amide bonds. The van der Waals surface area contributed by atoms with Gasteiger partial charge < -0.3 is 10.2 Å². The molecule has 120 valence electrons. The Morgan fingerprint density at radius 1 is 1.09 bits per heavy atom. The fourth-order valence-corrected chi connectivity index (χ4v) is 3.27. The fourth-order valence-electron chi connectivity index (χ4n) is 2.97. The summed E-state index contributed by atoms with van der Waals surface area (Å²) in [5.41, 5.74) is 3.50. The average molecular weight is 329 g/mol. The van der Waals surface area contributed by atoms with Gasteiger partial charge in [0.2, 0.25) is 0 Å². The Hall–Kier alpha value is -2.00. The molecular formula is C19H21ClN2O. The van der Waals surface area contributed by atoms with Gasteiger partial charge in [-0.1, -0.05) is 29.3 Å². The van der Waals surface area contributed by atoms with E-state index in [-0.39, 0.29) is 5.91 Å². The van der Waals surface area contributed by atoms with Gasteiger partial charge in [-0.2, -0.15) is 0 Å². The number of anilines is 2. The minimum absolute atomic E-state index is 0.115. The highest BCUT2D eigenvalue weighted by Crippen LogP contribution is 2.31. The van der Waals surface area contributed by atoms with Crippen LogP contribution in [-0.4, -0.2) is 19.0 Å². The van der Waals surface area contributed by atoms with Gasteiger partial charge in [0.15, 0.2) is 0 Å². The van der Waals surface area contributed by atoms with Crippen LogP contribution in [0.15, 0.2) is 42.5 Å². The highest BCUT2D eigenvalue weighted by molar-refractivity contribution is 6.33. The maximum Gasteiger partial charge on any atom is 0.255 e. The highest BCUT2D eigenvalue weighted by Gasteiger charge is 2.14. The van der Waals surface area contributed by atoms with Gasteiger partial charge in [0.05, 0.1) is 10.7 Å². The molecule has 0 aliphatic carbocycles. The van der Waals surface area contributed by atoms with Gasteiger partial charge in [0, 0.05) is 24.3 Å². The van der Waals surface area contributed by atoms with E-state index < -0.39 is 0 Å². The molecule has 0 spiro atoms. The zero-order valence-corrected chi connectivity index (χ0v) is 14.1. The van der Waals surface area contributed by atoms with E-state index in [1.165, 1.54) is 19.3 Å². The summed E-state index contributed by atoms with van der Waals surface area (Å²) in [6.07, 6.45) is 3.71. The number of hydrogen-bond donors (Lipinski definition) is 1. The number of halogens is 1. The van der Waals surface area contributed by atoms with Gasteiger partial charge >= 0.3 is 0 Å². The van der Waals surface area contributed by atoms with Crippen LogP contribution in [0.2, 0.25) is 5.02 Å². The molecule has 3 nitrogen and oxygen atoms in total. The van der Waals surface area contributed by atoms with Crippen molar-refractivity contribution in [1.82, 2.24) is 0 Å². The first-order valence-corrected chi connectivity index (χ1v) is 8.44. The van der Waals surface area contributed by atoms with Crippen molar-refractivity contribution in [2.75, 3.05) is 23.3 Å². The molecule has 4 heteroatoms. The predicted octanol–water partition coefficient (Wildman–Crippen LogP) is 4.89. The van der Waals surface area contributed by atoms with Crippen LogP contribution in [-0.2, 0) is 0 Å². The summed E-state index contributed by atoms with van der Waals surface area (Å²) >= 11 is 6.42. The van der Waals surface area contributed by atoms with Crippen LogP contribution in [0.4, 0.5) is 11.4 Å². The Morgan fingerprint density at radius 3 is 2.57 bits per heavy atom. The lowest BCUT2D eigenvalue weighted by Crippen LogP contribution is -2.29. The first kappa shape index (κ1) is 15.9. The predicted molar refractivity (Wildman–Crippen MR) is 96.6 cm³/mol. The van der Waals surface area contributed by atoms with Crippen molar-refractivity contribution in [1.29, 1.82) is 0 Å². The number of hydrogen-bond acceptors (Lipinski definition) is 2. The van der Waals surface area contributed by atoms with Gasteiger partial charge in [-0.15, -0.1) is 0 Å². The monoisotopic (exact) mass is 328 g/mol. The minimum atomic E-state index is -0.115. The van der Waals surface area contributed by atoms with E-state index in [4.69, 9.17) is 11.6 Å². The van der Waals surface area contributed by atoms with Crippen molar-refractivity contribution in [2.24, 2.45) is 0 Å². The Balaban J connectivity index is 1.73. The van der Waals surface area contributed by atoms with E-state index in [0.717, 1.165) is 30.0 Å². The van der Waals surface area contributed by atoms with Crippen LogP contribution in [0, 0.1) is 6.92 Å². The number of carbonyl (C=O) groups excluding carboxylic acids is 1. The second-order valence-electron chi connectivity index (χ2n) is 6.04. The third kappa shape index (κ3) is 3.85. The molecule has 0 radical (unpaired) electrons. The quantitative estimate of drug-likeness (QED) is 0.870. The first-order valence-electron chi connectivity index (χ1n) is 8.06. The van der Waals surface area contributed by atoms with Gasteiger partial charge in [0.25, 0.3) is 5.91 Å². The van der Waals surface area contributed by atoms with Crippen LogP contribution >= 0.6 is 11.6 Å². The standard InChI is InChI=1S/C19H21ClN2O/c1-14-6-5-7-15(12-14)19(23)21-16-8-9-18(17(20)13-16)22-10-3-2-4-11-22/h5-9,12-13H,2-4,10-11H2,1H3,(H,21,23). The summed E-state index contributed by atoms with van der Waals surface area (Å²) in [6, 6.07) is 13.3. The molecule has 0 atom stereocenters. The molecule has 2 aromatic rings. The molecule has 0 unspecified atom stereocenters. The molecule has 0 saturated carbocycles. The van der Waals surface area contributed by atoms with Crippen molar-refractivity contribution in [3.05, 3.63) is 58.6 Å². The number of nitrogens with one attached hydrogen (secondary N) is 1. The highest BCUT2D eigenvalue weighted by atomic mass is 35.5. The second-order valence-corrected chi connectivity index (χ2v) is 6.44. The van der Waals surface area contributed by atoms with Gasteiger partial charge in [0.1, 0.15) is 0 Å². The third-order valence-corrected chi connectivity index (χ3v) is 4.49. The average Bonchev–Trinajstić information content (AvgIpc) is 2.56. The summed E-state index contributed by atoms with van der Waals surface area (Å²) in [6.45, 7) is 4.07. The van der Waals surface area contributed by atoms with E-state index in [0.29, 0.717) is 10.6 Å². The van der Waals surface area contributed by atoms with Crippen molar-refractivity contribution in [3.63, 3.8) is 0 Å². The minimum Gasteiger partial charge on any atom is -0.370 e. The van der Waals surface area contributed by atoms with Crippen molar-refractivity contribution in [2.45, 2.75) is 26.2 Å². The lowest BCUT2D eigenvalue weighted by molar-refractivity contribution is 0.102. The number of piperidine rings is 1. The number of rotatable bonds is 3. The molecule has 1 aliphatic heterocycles. The smallest absolute Gasteiger partial charge is 0.255 e. The Bertz CT molecular complexity index is 708. The molecule has 0 aromatic heterocycles. The van der Waals surface area contributed by atoms with E-state index >= 15 is 0 Å². The van der Waals surface area contributed by atoms with Crippen molar-refractivity contribution >= 4 is 28.9 Å². The van der Waals surface area contributed by atoms with E-state index in [1.807, 2.05) is 49.4 Å². The summed E-state index contributed by atoms with van der Waals surface area (Å²) < 4.78 is 0. The maximum absolute atomic E-state index is 12.3. The van der Waals surface area contributed by atoms with Crippen LogP contribution in [0.3, 0.4) is 0 Å². The summed E-state index contributed by atoms with van der Waals surface area (Å²) in [4.78, 5) is 14.6. The molecule has 1 N–H and O–H groups in total. The van der Waals surface area contributed by atoms with Gasteiger partial charge in [-0.25, -0.2) is 0 Å². The molecule has 1 aliphatic rings. The first-order chi connectivity index (χ1) is 11.1. The molecule has 1 heterocycles. The fraction of sp³-hybridized carbons (Fsp3) is 0.316. The maximum atomic E-state index is 12.3. The van der Waals surface area contributed by atoms with E-state index in [2.05, 4.69) is 10.2 Å². The topological polar surface area (TPSA) is 32.3 Å². The van der Waals surface area contributed by atoms with Gasteiger partial charge in [-0.3, -0.25) is 4.79 Å². The molecule has 2 aromatic carbocycles. The van der Waals surface area contributed by atoms with Gasteiger partial charge in [-0.05, 0) is 56.5 Å². The lowest BCUT2D eigenvalue weighted by atomic mass is 10.1. The number of nitrogens with zero attached hydrogens (tertiary/aromatic N) is 1. The Labute approximate surface area is 142 Å². The number of benzene rings is 2. The largest absolute Gasteiger partial charge is 0.370 e. The molecule has 3 rings (SSSR count). The van der Waals surface area contributed by atoms with Crippen LogP contribution in [0.25, 0.3) is 0 Å². The SMILES string of the molecule is Cc1cccc(C(=O)Nc2ccc(N3CCCCC3)c(Cl)c2)c1. The normalized spacial score (nSPS) is 14.6. The molecular weight excluding hydrogens is 308 g/mol. The molecule has 23 heavy (non-hydrogen) atoms. The van der Waals surface area contributed by atoms with Crippen molar-refractivity contribution in [3.8, 4) is 0 Å². The van der Waals surface area contributed by atoms with Crippen LogP contribution < -0.4 is 10.2 Å². The zero-order chi connectivity index (χ0) is 16.2. The van der Waals surface area contributed by atoms with Crippen LogP contribution in [0.5, 0.6) is 0 Å². The zero-order valence-electron chi connectivity index (χ0n) is 13.3. The summed E-state index contributed by atoms with van der Waals surface area (Å²) in [5, 5.41) is 3.60. The summed E-state index contributed by atoms with van der Waals surface area (Å²) in [5.74, 6) is -0.115. The Kier molecular flexibility index (Phi) is 4.87. The number of amides is 1. The number of aryl methyl sites for hydroxylation is 1. The number of carbonyl (C=O) groups is 1. The Morgan fingerprint density at radius 2 is 1.87 bits per heavy atom.